The van der Waals surface area contributed by atoms with Crippen molar-refractivity contribution in [1.82, 2.24) is 4.90 Å². The first-order valence-corrected chi connectivity index (χ1v) is 5.09. The molecule has 0 radical (unpaired) electrons. The van der Waals surface area contributed by atoms with Crippen molar-refractivity contribution >= 4 is 16.2 Å². The number of hydrogen-bond acceptors (Lipinski definition) is 4. The maximum Gasteiger partial charge on any atom is 0.394 e. The molecule has 1 aliphatic rings. The molecule has 0 aliphatic carbocycles. The smallest absolute Gasteiger partial charge is 0.305 e. The molecular formula is C6H13NO5S. The summed E-state index contributed by atoms with van der Waals surface area (Å²) in [6.45, 7) is 1.91. The molecule has 13 heavy (non-hydrogen) atoms. The van der Waals surface area contributed by atoms with E-state index in [9.17, 15) is 4.79 Å². The van der Waals surface area contributed by atoms with Gasteiger partial charge >= 0.3 is 10.4 Å². The highest BCUT2D eigenvalue weighted by atomic mass is 32.3. The second-order valence-electron chi connectivity index (χ2n) is 2.79. The van der Waals surface area contributed by atoms with Crippen LogP contribution in [0.4, 0.5) is 0 Å². The summed E-state index contributed by atoms with van der Waals surface area (Å²) in [5, 5.41) is 0. The number of hydrogen-bond donors (Lipinski definition) is 2. The van der Waals surface area contributed by atoms with Crippen molar-refractivity contribution in [3.8, 4) is 0 Å². The van der Waals surface area contributed by atoms with Crippen molar-refractivity contribution in [1.29, 1.82) is 0 Å². The molecule has 0 amide bonds. The van der Waals surface area contributed by atoms with Gasteiger partial charge in [-0.2, -0.15) is 8.42 Å². The Hall–Kier alpha value is -0.500. The third-order valence-corrected chi connectivity index (χ3v) is 1.54. The number of ketones is 1. The Morgan fingerprint density at radius 3 is 1.77 bits per heavy atom. The van der Waals surface area contributed by atoms with E-state index >= 15 is 0 Å². The van der Waals surface area contributed by atoms with Crippen molar-refractivity contribution in [2.45, 2.75) is 12.8 Å². The molecule has 0 aromatic rings. The van der Waals surface area contributed by atoms with Crippen LogP contribution in [-0.2, 0) is 15.2 Å². The average molecular weight is 211 g/mol. The van der Waals surface area contributed by atoms with Crippen molar-refractivity contribution in [2.75, 3.05) is 20.1 Å². The van der Waals surface area contributed by atoms with Gasteiger partial charge in [-0.3, -0.25) is 13.9 Å². The van der Waals surface area contributed by atoms with Gasteiger partial charge in [-0.1, -0.05) is 0 Å². The summed E-state index contributed by atoms with van der Waals surface area (Å²) in [6.07, 6.45) is 1.52. The number of carbonyl (C=O) groups is 1. The molecule has 0 atom stereocenters. The van der Waals surface area contributed by atoms with Gasteiger partial charge in [0.25, 0.3) is 0 Å². The van der Waals surface area contributed by atoms with E-state index < -0.39 is 10.4 Å². The van der Waals surface area contributed by atoms with Gasteiger partial charge in [0.05, 0.1) is 0 Å². The number of nitrogens with zero attached hydrogens (tertiary/aromatic N) is 1. The predicted octanol–water partition coefficient (Wildman–Crippen LogP) is -0.372. The number of likely N-dealkylation sites (tertiary alicyclic amines) is 1. The van der Waals surface area contributed by atoms with E-state index in [0.29, 0.717) is 5.78 Å². The van der Waals surface area contributed by atoms with Crippen LogP contribution in [0.15, 0.2) is 0 Å². The molecular weight excluding hydrogens is 198 g/mol. The Balaban J connectivity index is 0.000000252. The molecule has 1 aliphatic heterocycles. The molecule has 78 valence electrons. The summed E-state index contributed by atoms with van der Waals surface area (Å²) in [5.41, 5.74) is 0. The largest absolute Gasteiger partial charge is 0.394 e. The van der Waals surface area contributed by atoms with Crippen molar-refractivity contribution in [3.63, 3.8) is 0 Å². The van der Waals surface area contributed by atoms with Crippen LogP contribution in [0.2, 0.25) is 0 Å². The Bertz CT molecular complexity index is 242. The minimum absolute atomic E-state index is 0.420. The maximum absolute atomic E-state index is 10.6. The zero-order valence-electron chi connectivity index (χ0n) is 7.30. The molecule has 0 aromatic heterocycles. The molecule has 1 rings (SSSR count). The summed E-state index contributed by atoms with van der Waals surface area (Å²) in [6, 6.07) is 0. The normalized spacial score (nSPS) is 19.2. The molecule has 0 aromatic carbocycles. The van der Waals surface area contributed by atoms with Crippen LogP contribution in [0.1, 0.15) is 12.8 Å². The molecule has 2 N–H and O–H groups in total. The summed E-state index contributed by atoms with van der Waals surface area (Å²) < 4.78 is 31.6. The first kappa shape index (κ1) is 12.5. The van der Waals surface area contributed by atoms with Crippen LogP contribution in [0, 0.1) is 0 Å². The summed E-state index contributed by atoms with van der Waals surface area (Å²) in [7, 11) is -2.62. The van der Waals surface area contributed by atoms with E-state index in [1.54, 1.807) is 0 Å². The fourth-order valence-corrected chi connectivity index (χ4v) is 0.868. The standard InChI is InChI=1S/C6H11NO.H2O4S/c1-7-4-2-6(8)3-5-7;1-5(2,3)4/h2-5H2,1H3;(H2,1,2,3,4). The lowest BCUT2D eigenvalue weighted by atomic mass is 10.1. The van der Waals surface area contributed by atoms with Gasteiger partial charge in [-0.25, -0.2) is 0 Å². The fourth-order valence-electron chi connectivity index (χ4n) is 0.868. The third kappa shape index (κ3) is 11.5. The second kappa shape index (κ2) is 5.28. The first-order chi connectivity index (χ1) is 5.79. The quantitative estimate of drug-likeness (QED) is 0.531. The van der Waals surface area contributed by atoms with Gasteiger partial charge in [-0.05, 0) is 7.05 Å². The zero-order chi connectivity index (χ0) is 10.5. The minimum Gasteiger partial charge on any atom is -0.305 e. The summed E-state index contributed by atoms with van der Waals surface area (Å²) in [4.78, 5) is 12.8. The Kier molecular flexibility index (Phi) is 5.07. The van der Waals surface area contributed by atoms with E-state index in [0.717, 1.165) is 25.9 Å². The number of carbonyl (C=O) groups excluding carboxylic acids is 1. The summed E-state index contributed by atoms with van der Waals surface area (Å²) >= 11 is 0. The monoisotopic (exact) mass is 211 g/mol. The molecule has 1 heterocycles. The first-order valence-electron chi connectivity index (χ1n) is 3.69. The highest BCUT2D eigenvalue weighted by molar-refractivity contribution is 7.79. The molecule has 0 saturated carbocycles. The number of rotatable bonds is 0. The van der Waals surface area contributed by atoms with Crippen LogP contribution in [0.25, 0.3) is 0 Å². The van der Waals surface area contributed by atoms with Crippen LogP contribution in [-0.4, -0.2) is 48.3 Å². The molecule has 0 unspecified atom stereocenters. The molecule has 1 fully saturated rings. The van der Waals surface area contributed by atoms with Gasteiger partial charge in [0.1, 0.15) is 5.78 Å². The van der Waals surface area contributed by atoms with Crippen LogP contribution in [0.5, 0.6) is 0 Å². The molecule has 6 nitrogen and oxygen atoms in total. The van der Waals surface area contributed by atoms with Crippen molar-refractivity contribution in [3.05, 3.63) is 0 Å². The van der Waals surface area contributed by atoms with Crippen molar-refractivity contribution in [2.24, 2.45) is 0 Å². The molecule has 1 saturated heterocycles. The lowest BCUT2D eigenvalue weighted by Gasteiger charge is -2.19. The lowest BCUT2D eigenvalue weighted by Crippen LogP contribution is -2.29. The zero-order valence-corrected chi connectivity index (χ0v) is 8.12. The Labute approximate surface area is 77.1 Å². The maximum atomic E-state index is 10.6. The van der Waals surface area contributed by atoms with Crippen LogP contribution in [0.3, 0.4) is 0 Å². The van der Waals surface area contributed by atoms with Crippen LogP contribution >= 0.6 is 0 Å². The van der Waals surface area contributed by atoms with Crippen molar-refractivity contribution < 1.29 is 22.3 Å². The van der Waals surface area contributed by atoms with Crippen LogP contribution < -0.4 is 0 Å². The third-order valence-electron chi connectivity index (χ3n) is 1.54. The van der Waals surface area contributed by atoms with Gasteiger partial charge in [0.15, 0.2) is 0 Å². The fraction of sp³-hybridized carbons (Fsp3) is 0.833. The van der Waals surface area contributed by atoms with E-state index in [4.69, 9.17) is 17.5 Å². The molecule has 0 bridgehead atoms. The predicted molar refractivity (Wildman–Crippen MR) is 45.9 cm³/mol. The van der Waals surface area contributed by atoms with Gasteiger partial charge in [0.2, 0.25) is 0 Å². The van der Waals surface area contributed by atoms with E-state index in [1.165, 1.54) is 0 Å². The van der Waals surface area contributed by atoms with E-state index in [1.807, 2.05) is 7.05 Å². The summed E-state index contributed by atoms with van der Waals surface area (Å²) in [5.74, 6) is 0.420. The topological polar surface area (TPSA) is 94.9 Å². The Morgan fingerprint density at radius 1 is 1.23 bits per heavy atom. The Morgan fingerprint density at radius 2 is 1.54 bits per heavy atom. The second-order valence-corrected chi connectivity index (χ2v) is 3.69. The number of Topliss-reactive ketones (excluding diaryl/α,β-unsaturated/α-hetero) is 1. The molecule has 0 spiro atoms. The van der Waals surface area contributed by atoms with Gasteiger partial charge in [0, 0.05) is 25.9 Å². The van der Waals surface area contributed by atoms with Gasteiger partial charge in [-0.15, -0.1) is 0 Å². The average Bonchev–Trinajstić information content (AvgIpc) is 1.92. The highest BCUT2D eigenvalue weighted by Crippen LogP contribution is 2.01. The molecule has 7 heteroatoms. The van der Waals surface area contributed by atoms with E-state index in [2.05, 4.69) is 4.90 Å². The minimum atomic E-state index is -4.67. The lowest BCUT2D eigenvalue weighted by molar-refractivity contribution is -0.121. The number of piperidine rings is 1. The SMILES string of the molecule is CN1CCC(=O)CC1.O=S(=O)(O)O. The van der Waals surface area contributed by atoms with E-state index in [-0.39, 0.29) is 0 Å². The highest BCUT2D eigenvalue weighted by Gasteiger charge is 2.10. The van der Waals surface area contributed by atoms with Gasteiger partial charge < -0.3 is 4.90 Å².